The summed E-state index contributed by atoms with van der Waals surface area (Å²) in [5.41, 5.74) is 1.44. The van der Waals surface area contributed by atoms with E-state index in [-0.39, 0.29) is 35.9 Å². The van der Waals surface area contributed by atoms with Crippen LogP contribution in [0.3, 0.4) is 0 Å². The molecule has 3 aromatic heterocycles. The number of halogens is 1. The minimum Gasteiger partial charge on any atom is -0.490 e. The molecule has 0 saturated carbocycles. The van der Waals surface area contributed by atoms with Gasteiger partial charge in [-0.1, -0.05) is 18.2 Å². The summed E-state index contributed by atoms with van der Waals surface area (Å²) >= 11 is 1.28. The predicted molar refractivity (Wildman–Crippen MR) is 132 cm³/mol. The van der Waals surface area contributed by atoms with Crippen LogP contribution in [-0.2, 0) is 13.1 Å². The molecule has 0 unspecified atom stereocenters. The normalized spacial score (nSPS) is 11.4. The summed E-state index contributed by atoms with van der Waals surface area (Å²) in [6, 6.07) is 13.1. The Morgan fingerprint density at radius 1 is 0.914 bits per heavy atom. The highest BCUT2D eigenvalue weighted by atomic mass is 32.1. The minimum absolute atomic E-state index is 0.151. The molecule has 180 valence electrons. The molecule has 0 radical (unpaired) electrons. The van der Waals surface area contributed by atoms with E-state index < -0.39 is 0 Å². The fraction of sp³-hybridized carbons (Fsp3) is 0.240. The van der Waals surface area contributed by atoms with Crippen LogP contribution in [0.25, 0.3) is 16.0 Å². The lowest BCUT2D eigenvalue weighted by Gasteiger charge is -2.13. The number of nitrogens with zero attached hydrogens (tertiary/aromatic N) is 4. The third-order valence-corrected chi connectivity index (χ3v) is 6.47. The van der Waals surface area contributed by atoms with E-state index in [9.17, 15) is 14.0 Å². The van der Waals surface area contributed by atoms with Crippen molar-refractivity contribution in [3.05, 3.63) is 91.7 Å². The SMILES string of the molecule is CCOc1ccc(Cn2c(=O)c3sccc3n3c(=O)n(Cc4ccc(F)cc4)nc23)cc1OCC. The Morgan fingerprint density at radius 3 is 2.37 bits per heavy atom. The van der Waals surface area contributed by atoms with E-state index in [1.807, 2.05) is 32.0 Å². The van der Waals surface area contributed by atoms with Crippen LogP contribution in [0.15, 0.2) is 63.5 Å². The number of benzene rings is 2. The molecule has 3 heterocycles. The standard InChI is InChI=1S/C25H23FN4O4S/c1-3-33-20-10-7-17(13-21(20)34-4-2)14-28-23(31)22-19(11-12-35-22)30-24(28)27-29(25(30)32)15-16-5-8-18(26)9-6-16/h5-13H,3-4,14-15H2,1-2H3. The van der Waals surface area contributed by atoms with Crippen molar-refractivity contribution >= 4 is 27.3 Å². The van der Waals surface area contributed by atoms with Gasteiger partial charge in [0.1, 0.15) is 10.5 Å². The van der Waals surface area contributed by atoms with Crippen LogP contribution in [0, 0.1) is 5.82 Å². The summed E-state index contributed by atoms with van der Waals surface area (Å²) in [5.74, 6) is 1.10. The molecule has 0 aliphatic heterocycles. The molecular formula is C25H23FN4O4S. The number of hydrogen-bond donors (Lipinski definition) is 0. The van der Waals surface area contributed by atoms with Gasteiger partial charge in [0.05, 0.1) is 31.8 Å². The van der Waals surface area contributed by atoms with Crippen molar-refractivity contribution in [1.29, 1.82) is 0 Å². The Labute approximate surface area is 203 Å². The van der Waals surface area contributed by atoms with Crippen molar-refractivity contribution in [2.24, 2.45) is 0 Å². The lowest BCUT2D eigenvalue weighted by molar-refractivity contribution is 0.287. The fourth-order valence-electron chi connectivity index (χ4n) is 4.02. The van der Waals surface area contributed by atoms with Gasteiger partial charge in [0.25, 0.3) is 5.56 Å². The molecule has 0 saturated heterocycles. The first kappa shape index (κ1) is 22.9. The van der Waals surface area contributed by atoms with Gasteiger partial charge in [-0.2, -0.15) is 0 Å². The number of fused-ring (bicyclic) bond motifs is 3. The van der Waals surface area contributed by atoms with Crippen LogP contribution in [0.2, 0.25) is 0 Å². The lowest BCUT2D eigenvalue weighted by Crippen LogP contribution is -2.26. The number of thiophene rings is 1. The molecule has 10 heteroatoms. The summed E-state index contributed by atoms with van der Waals surface area (Å²) in [6.45, 7) is 5.10. The van der Waals surface area contributed by atoms with Gasteiger partial charge >= 0.3 is 5.69 Å². The highest BCUT2D eigenvalue weighted by Gasteiger charge is 2.19. The fourth-order valence-corrected chi connectivity index (χ4v) is 4.84. The Kier molecular flexibility index (Phi) is 6.12. The molecule has 0 spiro atoms. The molecule has 0 bridgehead atoms. The van der Waals surface area contributed by atoms with Crippen molar-refractivity contribution < 1.29 is 13.9 Å². The summed E-state index contributed by atoms with van der Waals surface area (Å²) < 4.78 is 29.4. The van der Waals surface area contributed by atoms with Crippen LogP contribution < -0.4 is 20.7 Å². The predicted octanol–water partition coefficient (Wildman–Crippen LogP) is 3.91. The Morgan fingerprint density at radius 2 is 1.63 bits per heavy atom. The van der Waals surface area contributed by atoms with Crippen molar-refractivity contribution in [3.8, 4) is 11.5 Å². The van der Waals surface area contributed by atoms with Crippen molar-refractivity contribution in [3.63, 3.8) is 0 Å². The molecule has 5 aromatic rings. The molecule has 0 aliphatic rings. The van der Waals surface area contributed by atoms with Gasteiger partial charge in [-0.3, -0.25) is 9.36 Å². The zero-order chi connectivity index (χ0) is 24.5. The van der Waals surface area contributed by atoms with Crippen LogP contribution in [0.5, 0.6) is 11.5 Å². The topological polar surface area (TPSA) is 79.8 Å². The maximum atomic E-state index is 13.4. The van der Waals surface area contributed by atoms with Gasteiger partial charge < -0.3 is 9.47 Å². The third kappa shape index (κ3) is 4.21. The maximum Gasteiger partial charge on any atom is 0.352 e. The molecule has 35 heavy (non-hydrogen) atoms. The van der Waals surface area contributed by atoms with Gasteiger partial charge in [-0.15, -0.1) is 16.4 Å². The monoisotopic (exact) mass is 494 g/mol. The summed E-state index contributed by atoms with van der Waals surface area (Å²) in [6.07, 6.45) is 0. The van der Waals surface area contributed by atoms with Gasteiger partial charge in [-0.05, 0) is 60.7 Å². The Balaban J connectivity index is 1.64. The molecule has 2 aromatic carbocycles. The molecule has 8 nitrogen and oxygen atoms in total. The summed E-state index contributed by atoms with van der Waals surface area (Å²) in [4.78, 5) is 26.7. The molecule has 0 fully saturated rings. The highest BCUT2D eigenvalue weighted by molar-refractivity contribution is 7.17. The zero-order valence-corrected chi connectivity index (χ0v) is 20.0. The summed E-state index contributed by atoms with van der Waals surface area (Å²) in [7, 11) is 0. The quantitative estimate of drug-likeness (QED) is 0.327. The first-order valence-corrected chi connectivity index (χ1v) is 12.1. The first-order chi connectivity index (χ1) is 17.0. The van der Waals surface area contributed by atoms with Crippen LogP contribution in [0.1, 0.15) is 25.0 Å². The largest absolute Gasteiger partial charge is 0.490 e. The number of hydrogen-bond acceptors (Lipinski definition) is 6. The maximum absolute atomic E-state index is 13.4. The second-order valence-corrected chi connectivity index (χ2v) is 8.79. The lowest BCUT2D eigenvalue weighted by atomic mass is 10.2. The van der Waals surface area contributed by atoms with E-state index in [1.54, 1.807) is 23.6 Å². The number of rotatable bonds is 8. The van der Waals surface area contributed by atoms with Crippen molar-refractivity contribution in [1.82, 2.24) is 18.7 Å². The average molecular weight is 495 g/mol. The number of aromatic nitrogens is 4. The van der Waals surface area contributed by atoms with Gasteiger partial charge in [-0.25, -0.2) is 18.3 Å². The molecule has 0 aliphatic carbocycles. The number of ether oxygens (including phenoxy) is 2. The Bertz CT molecular complexity index is 1630. The molecule has 0 atom stereocenters. The van der Waals surface area contributed by atoms with E-state index in [1.165, 1.54) is 37.1 Å². The Hall–Kier alpha value is -3.92. The van der Waals surface area contributed by atoms with E-state index in [4.69, 9.17) is 9.47 Å². The van der Waals surface area contributed by atoms with Gasteiger partial charge in [0.2, 0.25) is 5.78 Å². The minimum atomic E-state index is -0.372. The second-order valence-electron chi connectivity index (χ2n) is 7.88. The van der Waals surface area contributed by atoms with Crippen LogP contribution in [-0.4, -0.2) is 32.0 Å². The third-order valence-electron chi connectivity index (χ3n) is 5.58. The highest BCUT2D eigenvalue weighted by Crippen LogP contribution is 2.29. The van der Waals surface area contributed by atoms with Crippen molar-refractivity contribution in [2.75, 3.05) is 13.2 Å². The summed E-state index contributed by atoms with van der Waals surface area (Å²) in [5, 5.41) is 6.29. The first-order valence-electron chi connectivity index (χ1n) is 11.2. The molecule has 0 amide bonds. The van der Waals surface area contributed by atoms with Crippen LogP contribution >= 0.6 is 11.3 Å². The van der Waals surface area contributed by atoms with Gasteiger partial charge in [0, 0.05) is 0 Å². The van der Waals surface area contributed by atoms with E-state index >= 15 is 0 Å². The van der Waals surface area contributed by atoms with E-state index in [0.29, 0.717) is 34.9 Å². The van der Waals surface area contributed by atoms with Crippen LogP contribution in [0.4, 0.5) is 4.39 Å². The smallest absolute Gasteiger partial charge is 0.352 e. The average Bonchev–Trinajstić information content (AvgIpc) is 3.45. The van der Waals surface area contributed by atoms with E-state index in [2.05, 4.69) is 5.10 Å². The van der Waals surface area contributed by atoms with Crippen molar-refractivity contribution in [2.45, 2.75) is 26.9 Å². The molecular weight excluding hydrogens is 471 g/mol. The van der Waals surface area contributed by atoms with Gasteiger partial charge in [0.15, 0.2) is 11.5 Å². The molecule has 5 rings (SSSR count). The molecule has 0 N–H and O–H groups in total. The van der Waals surface area contributed by atoms with E-state index in [0.717, 1.165) is 11.1 Å². The second kappa shape index (κ2) is 9.38. The zero-order valence-electron chi connectivity index (χ0n) is 19.2.